The predicted octanol–water partition coefficient (Wildman–Crippen LogP) is 4.17. The van der Waals surface area contributed by atoms with Gasteiger partial charge in [0.05, 0.1) is 5.52 Å². The minimum absolute atomic E-state index is 0.779. The van der Waals surface area contributed by atoms with E-state index in [1.165, 1.54) is 31.2 Å². The highest BCUT2D eigenvalue weighted by Gasteiger charge is 2.16. The molecule has 2 aromatic rings. The Morgan fingerprint density at radius 2 is 2.16 bits per heavy atom. The molecule has 2 nitrogen and oxygen atoms in total. The van der Waals surface area contributed by atoms with Gasteiger partial charge >= 0.3 is 0 Å². The summed E-state index contributed by atoms with van der Waals surface area (Å²) >= 11 is 6.20. The molecule has 1 aliphatic rings. The van der Waals surface area contributed by atoms with Crippen LogP contribution in [-0.2, 0) is 6.54 Å². The summed E-state index contributed by atoms with van der Waals surface area (Å²) in [6.45, 7) is 1.97. The summed E-state index contributed by atoms with van der Waals surface area (Å²) in [5.41, 5.74) is 2.25. The van der Waals surface area contributed by atoms with Gasteiger partial charge in [-0.05, 0) is 42.6 Å². The first-order valence-corrected chi connectivity index (χ1v) is 7.45. The average molecular weight is 275 g/mol. The molecule has 3 rings (SSSR count). The molecule has 1 fully saturated rings. The average Bonchev–Trinajstić information content (AvgIpc) is 2.39. The first-order valence-electron chi connectivity index (χ1n) is 7.07. The van der Waals surface area contributed by atoms with E-state index in [1.807, 2.05) is 24.4 Å². The molecule has 3 heteroatoms. The highest BCUT2D eigenvalue weighted by Crippen LogP contribution is 2.29. The fourth-order valence-electron chi connectivity index (χ4n) is 2.65. The van der Waals surface area contributed by atoms with Gasteiger partial charge in [0.1, 0.15) is 0 Å². The summed E-state index contributed by atoms with van der Waals surface area (Å²) in [6.07, 6.45) is 7.41. The standard InChI is InChI=1S/C16H19ClN2/c17-15-7-6-13(16-14(15)5-2-9-19-16)11-18-10-8-12-3-1-4-12/h2,5-7,9,12,18H,1,3-4,8,10-11H2. The third-order valence-corrected chi connectivity index (χ3v) is 4.40. The van der Waals surface area contributed by atoms with Gasteiger partial charge in [-0.15, -0.1) is 0 Å². The fourth-order valence-corrected chi connectivity index (χ4v) is 2.87. The molecule has 1 saturated carbocycles. The van der Waals surface area contributed by atoms with Crippen molar-refractivity contribution < 1.29 is 0 Å². The van der Waals surface area contributed by atoms with E-state index in [1.54, 1.807) is 0 Å². The Kier molecular flexibility index (Phi) is 4.00. The van der Waals surface area contributed by atoms with Crippen LogP contribution < -0.4 is 5.32 Å². The minimum atomic E-state index is 0.779. The second kappa shape index (κ2) is 5.89. The molecule has 1 N–H and O–H groups in total. The molecule has 0 saturated heterocycles. The van der Waals surface area contributed by atoms with Crippen LogP contribution in [0.4, 0.5) is 0 Å². The number of hydrogen-bond donors (Lipinski definition) is 1. The zero-order valence-electron chi connectivity index (χ0n) is 11.0. The van der Waals surface area contributed by atoms with E-state index in [4.69, 9.17) is 11.6 Å². The van der Waals surface area contributed by atoms with Gasteiger partial charge in [0.2, 0.25) is 0 Å². The van der Waals surface area contributed by atoms with Crippen molar-refractivity contribution in [1.82, 2.24) is 10.3 Å². The lowest BCUT2D eigenvalue weighted by Crippen LogP contribution is -2.21. The van der Waals surface area contributed by atoms with E-state index in [0.29, 0.717) is 0 Å². The Hall–Kier alpha value is -1.12. The van der Waals surface area contributed by atoms with Crippen LogP contribution in [0.2, 0.25) is 5.02 Å². The van der Waals surface area contributed by atoms with Gasteiger partial charge in [0.25, 0.3) is 0 Å². The van der Waals surface area contributed by atoms with Crippen LogP contribution in [0.25, 0.3) is 10.9 Å². The van der Waals surface area contributed by atoms with Crippen molar-refractivity contribution in [2.24, 2.45) is 5.92 Å². The van der Waals surface area contributed by atoms with Crippen molar-refractivity contribution in [2.45, 2.75) is 32.2 Å². The van der Waals surface area contributed by atoms with Gasteiger partial charge in [-0.3, -0.25) is 4.98 Å². The van der Waals surface area contributed by atoms with Crippen LogP contribution in [0.3, 0.4) is 0 Å². The highest BCUT2D eigenvalue weighted by molar-refractivity contribution is 6.35. The van der Waals surface area contributed by atoms with Crippen LogP contribution in [0.15, 0.2) is 30.5 Å². The van der Waals surface area contributed by atoms with Crippen molar-refractivity contribution in [3.8, 4) is 0 Å². The molecule has 1 heterocycles. The third kappa shape index (κ3) is 2.90. The second-order valence-electron chi connectivity index (χ2n) is 5.37. The summed E-state index contributed by atoms with van der Waals surface area (Å²) < 4.78 is 0. The Morgan fingerprint density at radius 3 is 2.95 bits per heavy atom. The summed E-state index contributed by atoms with van der Waals surface area (Å²) in [7, 11) is 0. The number of hydrogen-bond acceptors (Lipinski definition) is 2. The lowest BCUT2D eigenvalue weighted by molar-refractivity contribution is 0.292. The number of nitrogens with one attached hydrogen (secondary N) is 1. The molecule has 0 unspecified atom stereocenters. The first kappa shape index (κ1) is 12.9. The van der Waals surface area contributed by atoms with E-state index in [2.05, 4.69) is 16.4 Å². The van der Waals surface area contributed by atoms with Gasteiger partial charge in [0.15, 0.2) is 0 Å². The van der Waals surface area contributed by atoms with Crippen molar-refractivity contribution in [3.63, 3.8) is 0 Å². The van der Waals surface area contributed by atoms with Gasteiger partial charge in [-0.2, -0.15) is 0 Å². The number of pyridine rings is 1. The molecule has 0 atom stereocenters. The zero-order valence-corrected chi connectivity index (χ0v) is 11.8. The van der Waals surface area contributed by atoms with E-state index in [9.17, 15) is 0 Å². The summed E-state index contributed by atoms with van der Waals surface area (Å²) in [5.74, 6) is 0.965. The highest BCUT2D eigenvalue weighted by atomic mass is 35.5. The lowest BCUT2D eigenvalue weighted by atomic mass is 9.83. The summed E-state index contributed by atoms with van der Waals surface area (Å²) in [6, 6.07) is 8.01. The zero-order chi connectivity index (χ0) is 13.1. The Labute approximate surface area is 119 Å². The molecule has 0 aliphatic heterocycles. The van der Waals surface area contributed by atoms with Crippen LogP contribution in [-0.4, -0.2) is 11.5 Å². The van der Waals surface area contributed by atoms with Crippen LogP contribution in [0.5, 0.6) is 0 Å². The van der Waals surface area contributed by atoms with E-state index in [-0.39, 0.29) is 0 Å². The normalized spacial score (nSPS) is 15.6. The topological polar surface area (TPSA) is 24.9 Å². The number of fused-ring (bicyclic) bond motifs is 1. The Balaban J connectivity index is 1.65. The molecule has 1 aliphatic carbocycles. The van der Waals surface area contributed by atoms with Crippen LogP contribution in [0, 0.1) is 5.92 Å². The predicted molar refractivity (Wildman–Crippen MR) is 80.4 cm³/mol. The van der Waals surface area contributed by atoms with Gasteiger partial charge < -0.3 is 5.32 Å². The van der Waals surface area contributed by atoms with E-state index >= 15 is 0 Å². The maximum Gasteiger partial charge on any atom is 0.0761 e. The Bertz CT molecular complexity index is 564. The van der Waals surface area contributed by atoms with Gasteiger partial charge in [-0.1, -0.05) is 36.9 Å². The fraction of sp³-hybridized carbons (Fsp3) is 0.438. The maximum absolute atomic E-state index is 6.20. The van der Waals surface area contributed by atoms with Crippen LogP contribution >= 0.6 is 11.6 Å². The molecule has 0 radical (unpaired) electrons. The number of halogens is 1. The number of nitrogens with zero attached hydrogens (tertiary/aromatic N) is 1. The first-order chi connectivity index (χ1) is 9.34. The monoisotopic (exact) mass is 274 g/mol. The molecule has 19 heavy (non-hydrogen) atoms. The number of rotatable bonds is 5. The molecule has 0 bridgehead atoms. The second-order valence-corrected chi connectivity index (χ2v) is 5.78. The SMILES string of the molecule is Clc1ccc(CNCCC2CCC2)c2ncccc12. The molecule has 0 amide bonds. The quantitative estimate of drug-likeness (QED) is 0.828. The largest absolute Gasteiger partial charge is 0.313 e. The maximum atomic E-state index is 6.20. The van der Waals surface area contributed by atoms with Gasteiger partial charge in [0, 0.05) is 23.2 Å². The van der Waals surface area contributed by atoms with Gasteiger partial charge in [-0.25, -0.2) is 0 Å². The van der Waals surface area contributed by atoms with Crippen LogP contribution in [0.1, 0.15) is 31.2 Å². The molecule has 0 spiro atoms. The van der Waals surface area contributed by atoms with E-state index in [0.717, 1.165) is 34.9 Å². The molecule has 1 aromatic carbocycles. The lowest BCUT2D eigenvalue weighted by Gasteiger charge is -2.25. The molecule has 1 aromatic heterocycles. The number of aromatic nitrogens is 1. The smallest absolute Gasteiger partial charge is 0.0761 e. The summed E-state index contributed by atoms with van der Waals surface area (Å²) in [5, 5.41) is 5.35. The third-order valence-electron chi connectivity index (χ3n) is 4.07. The minimum Gasteiger partial charge on any atom is -0.313 e. The van der Waals surface area contributed by atoms with Crippen molar-refractivity contribution >= 4 is 22.5 Å². The van der Waals surface area contributed by atoms with Crippen molar-refractivity contribution in [1.29, 1.82) is 0 Å². The van der Waals surface area contributed by atoms with E-state index < -0.39 is 0 Å². The number of benzene rings is 1. The molecular weight excluding hydrogens is 256 g/mol. The van der Waals surface area contributed by atoms with Crippen molar-refractivity contribution in [2.75, 3.05) is 6.54 Å². The van der Waals surface area contributed by atoms with Crippen molar-refractivity contribution in [3.05, 3.63) is 41.0 Å². The molecule has 100 valence electrons. The summed E-state index contributed by atoms with van der Waals surface area (Å²) in [4.78, 5) is 4.46. The molecular formula is C16H19ClN2. The Morgan fingerprint density at radius 1 is 1.26 bits per heavy atom.